The third-order valence-corrected chi connectivity index (χ3v) is 3.60. The third kappa shape index (κ3) is 2.91. The molecule has 0 bridgehead atoms. The van der Waals surface area contributed by atoms with Crippen LogP contribution in [0.15, 0.2) is 46.2 Å². The molecule has 1 heteroatoms. The Bertz CT molecular complexity index is 292. The molecule has 1 aromatic rings. The van der Waals surface area contributed by atoms with Crippen LogP contribution < -0.4 is 0 Å². The summed E-state index contributed by atoms with van der Waals surface area (Å²) in [5.74, 6) is 0. The lowest BCUT2D eigenvalue weighted by Crippen LogP contribution is -1.92. The van der Waals surface area contributed by atoms with Gasteiger partial charge in [-0.2, -0.15) is 0 Å². The highest BCUT2D eigenvalue weighted by atomic mass is 32.2. The topological polar surface area (TPSA) is 0 Å². The van der Waals surface area contributed by atoms with Gasteiger partial charge >= 0.3 is 0 Å². The van der Waals surface area contributed by atoms with Crippen molar-refractivity contribution in [2.45, 2.75) is 37.0 Å². The van der Waals surface area contributed by atoms with Gasteiger partial charge in [-0.15, -0.1) is 0 Å². The summed E-state index contributed by atoms with van der Waals surface area (Å²) in [6.45, 7) is 0. The first-order chi connectivity index (χ1) is 6.95. The van der Waals surface area contributed by atoms with E-state index in [0.29, 0.717) is 0 Å². The molecule has 1 aliphatic rings. The Hall–Kier alpha value is -0.690. The molecule has 0 radical (unpaired) electrons. The van der Waals surface area contributed by atoms with Crippen molar-refractivity contribution in [2.75, 3.05) is 0 Å². The van der Waals surface area contributed by atoms with Gasteiger partial charge < -0.3 is 0 Å². The monoisotopic (exact) mass is 204 g/mol. The van der Waals surface area contributed by atoms with E-state index < -0.39 is 0 Å². The summed E-state index contributed by atoms with van der Waals surface area (Å²) in [6.07, 6.45) is 6.84. The highest BCUT2D eigenvalue weighted by molar-refractivity contribution is 8.02. The Balaban J connectivity index is 1.92. The average molecular weight is 204 g/mol. The molecule has 0 N–H and O–H groups in total. The second-order valence-electron chi connectivity index (χ2n) is 3.77. The van der Waals surface area contributed by atoms with Crippen LogP contribution >= 0.6 is 11.8 Å². The lowest BCUT2D eigenvalue weighted by atomic mass is 9.96. The summed E-state index contributed by atoms with van der Waals surface area (Å²) >= 11 is 1.86. The van der Waals surface area contributed by atoms with Crippen LogP contribution in [0.3, 0.4) is 0 Å². The van der Waals surface area contributed by atoms with E-state index in [4.69, 9.17) is 0 Å². The van der Waals surface area contributed by atoms with E-state index in [1.54, 1.807) is 5.57 Å². The molecule has 1 fully saturated rings. The van der Waals surface area contributed by atoms with Gasteiger partial charge in [0.05, 0.1) is 0 Å². The summed E-state index contributed by atoms with van der Waals surface area (Å²) < 4.78 is 0. The first-order valence-electron chi connectivity index (χ1n) is 5.35. The number of allylic oxidation sites excluding steroid dienone is 1. The molecule has 0 aliphatic heterocycles. The fourth-order valence-corrected chi connectivity index (χ4v) is 2.63. The van der Waals surface area contributed by atoms with Crippen LogP contribution in [0.25, 0.3) is 0 Å². The van der Waals surface area contributed by atoms with Crippen LogP contribution in [0.1, 0.15) is 32.1 Å². The van der Waals surface area contributed by atoms with Crippen molar-refractivity contribution in [3.8, 4) is 0 Å². The Morgan fingerprint density at radius 2 is 1.64 bits per heavy atom. The Labute approximate surface area is 90.4 Å². The van der Waals surface area contributed by atoms with Crippen LogP contribution in [0.5, 0.6) is 0 Å². The summed E-state index contributed by atoms with van der Waals surface area (Å²) in [5, 5.41) is 2.36. The maximum absolute atomic E-state index is 2.36. The van der Waals surface area contributed by atoms with Crippen molar-refractivity contribution in [3.63, 3.8) is 0 Å². The van der Waals surface area contributed by atoms with E-state index in [1.807, 2.05) is 11.8 Å². The van der Waals surface area contributed by atoms with Gasteiger partial charge in [-0.1, -0.05) is 42.0 Å². The largest absolute Gasteiger partial charge is 0.0981 e. The predicted molar refractivity (Wildman–Crippen MR) is 63.5 cm³/mol. The fraction of sp³-hybridized carbons (Fsp3) is 0.385. The molecule has 14 heavy (non-hydrogen) atoms. The van der Waals surface area contributed by atoms with Gasteiger partial charge in [0.25, 0.3) is 0 Å². The number of hydrogen-bond donors (Lipinski definition) is 0. The molecule has 74 valence electrons. The second kappa shape index (κ2) is 5.26. The maximum atomic E-state index is 2.36. The molecule has 1 saturated carbocycles. The zero-order valence-electron chi connectivity index (χ0n) is 8.41. The van der Waals surface area contributed by atoms with E-state index >= 15 is 0 Å². The Morgan fingerprint density at radius 1 is 0.929 bits per heavy atom. The van der Waals surface area contributed by atoms with Crippen molar-refractivity contribution in [3.05, 3.63) is 41.3 Å². The van der Waals surface area contributed by atoms with Gasteiger partial charge in [-0.05, 0) is 43.2 Å². The second-order valence-corrected chi connectivity index (χ2v) is 4.71. The number of hydrogen-bond acceptors (Lipinski definition) is 1. The molecule has 0 aromatic heterocycles. The summed E-state index contributed by atoms with van der Waals surface area (Å²) in [7, 11) is 0. The third-order valence-electron chi connectivity index (χ3n) is 2.60. The lowest BCUT2D eigenvalue weighted by Gasteiger charge is -2.12. The minimum atomic E-state index is 1.32. The predicted octanol–water partition coefficient (Wildman–Crippen LogP) is 4.63. The van der Waals surface area contributed by atoms with Crippen molar-refractivity contribution in [1.82, 2.24) is 0 Å². The number of rotatable bonds is 2. The molecule has 0 nitrogen and oxygen atoms in total. The van der Waals surface area contributed by atoms with Gasteiger partial charge in [0, 0.05) is 4.90 Å². The van der Waals surface area contributed by atoms with Crippen LogP contribution in [0, 0.1) is 0 Å². The molecular formula is C13H16S. The molecule has 1 aliphatic carbocycles. The van der Waals surface area contributed by atoms with E-state index in [1.165, 1.54) is 37.0 Å². The van der Waals surface area contributed by atoms with Crippen LogP contribution in [-0.2, 0) is 0 Å². The highest BCUT2D eigenvalue weighted by Gasteiger charge is 2.04. The molecule has 0 saturated heterocycles. The Morgan fingerprint density at radius 3 is 2.36 bits per heavy atom. The highest BCUT2D eigenvalue weighted by Crippen LogP contribution is 2.28. The molecule has 0 heterocycles. The summed E-state index contributed by atoms with van der Waals surface area (Å²) in [5.41, 5.74) is 1.64. The van der Waals surface area contributed by atoms with E-state index in [0.717, 1.165) is 0 Å². The number of benzene rings is 1. The molecule has 0 spiro atoms. The summed E-state index contributed by atoms with van der Waals surface area (Å²) in [4.78, 5) is 1.35. The van der Waals surface area contributed by atoms with Crippen molar-refractivity contribution >= 4 is 11.8 Å². The summed E-state index contributed by atoms with van der Waals surface area (Å²) in [6, 6.07) is 10.6. The number of thioether (sulfide) groups is 1. The first-order valence-corrected chi connectivity index (χ1v) is 6.23. The van der Waals surface area contributed by atoms with Crippen LogP contribution in [0.2, 0.25) is 0 Å². The molecule has 1 aromatic carbocycles. The van der Waals surface area contributed by atoms with E-state index in [9.17, 15) is 0 Å². The molecule has 2 rings (SSSR count). The van der Waals surface area contributed by atoms with Crippen molar-refractivity contribution in [1.29, 1.82) is 0 Å². The van der Waals surface area contributed by atoms with Gasteiger partial charge in [-0.25, -0.2) is 0 Å². The quantitative estimate of drug-likeness (QED) is 0.633. The van der Waals surface area contributed by atoms with Crippen molar-refractivity contribution in [2.24, 2.45) is 0 Å². The lowest BCUT2D eigenvalue weighted by molar-refractivity contribution is 0.600. The fourth-order valence-electron chi connectivity index (χ4n) is 1.77. The van der Waals surface area contributed by atoms with Gasteiger partial charge in [0.2, 0.25) is 0 Å². The van der Waals surface area contributed by atoms with E-state index in [2.05, 4.69) is 35.7 Å². The molecule has 0 amide bonds. The van der Waals surface area contributed by atoms with Crippen molar-refractivity contribution < 1.29 is 0 Å². The smallest absolute Gasteiger partial charge is 0.0116 e. The maximum Gasteiger partial charge on any atom is 0.0116 e. The van der Waals surface area contributed by atoms with E-state index in [-0.39, 0.29) is 0 Å². The van der Waals surface area contributed by atoms with Crippen LogP contribution in [0.4, 0.5) is 0 Å². The minimum absolute atomic E-state index is 1.32. The normalized spacial score (nSPS) is 16.7. The average Bonchev–Trinajstić information content (AvgIpc) is 2.29. The zero-order valence-corrected chi connectivity index (χ0v) is 9.22. The van der Waals surface area contributed by atoms with Gasteiger partial charge in [0.1, 0.15) is 0 Å². The first kappa shape index (κ1) is 9.85. The van der Waals surface area contributed by atoms with Gasteiger partial charge in [-0.3, -0.25) is 0 Å². The van der Waals surface area contributed by atoms with Gasteiger partial charge in [0.15, 0.2) is 0 Å². The SMILES string of the molecule is C(Sc1ccccc1)=C1CCCCC1. The molecular weight excluding hydrogens is 188 g/mol. The molecule has 0 atom stereocenters. The molecule has 0 unspecified atom stereocenters. The van der Waals surface area contributed by atoms with Crippen LogP contribution in [-0.4, -0.2) is 0 Å². The minimum Gasteiger partial charge on any atom is -0.0981 e. The Kier molecular flexibility index (Phi) is 3.70. The zero-order chi connectivity index (χ0) is 9.64. The standard InChI is InChI=1S/C13H16S/c1-3-7-12(8-4-1)11-14-13-9-5-2-6-10-13/h2,5-6,9-11H,1,3-4,7-8H2.